The summed E-state index contributed by atoms with van der Waals surface area (Å²) in [6.45, 7) is 2.26. The van der Waals surface area contributed by atoms with Gasteiger partial charge in [-0.15, -0.1) is 0 Å². The van der Waals surface area contributed by atoms with E-state index in [1.165, 1.54) is 6.07 Å². The molecule has 13 heavy (non-hydrogen) atoms. The van der Waals surface area contributed by atoms with Gasteiger partial charge in [0.05, 0.1) is 6.61 Å². The number of epoxide rings is 1. The van der Waals surface area contributed by atoms with E-state index >= 15 is 0 Å². The number of halogens is 1. The summed E-state index contributed by atoms with van der Waals surface area (Å²) in [4.78, 5) is 0. The summed E-state index contributed by atoms with van der Waals surface area (Å²) in [5, 5.41) is 9.74. The molecule has 0 amide bonds. The third-order valence-corrected chi connectivity index (χ3v) is 2.38. The molecule has 3 heteroatoms. The molecule has 0 spiro atoms. The van der Waals surface area contributed by atoms with E-state index in [0.717, 1.165) is 0 Å². The molecule has 1 aliphatic heterocycles. The lowest BCUT2D eigenvalue weighted by Crippen LogP contribution is -2.18. The van der Waals surface area contributed by atoms with Gasteiger partial charge in [0.1, 0.15) is 17.5 Å². The molecule has 0 saturated carbocycles. The van der Waals surface area contributed by atoms with Crippen LogP contribution in [0, 0.1) is 5.82 Å². The second-order valence-corrected chi connectivity index (χ2v) is 3.53. The Morgan fingerprint density at radius 2 is 2.15 bits per heavy atom. The van der Waals surface area contributed by atoms with Crippen LogP contribution in [-0.2, 0) is 4.74 Å². The highest BCUT2D eigenvalue weighted by Crippen LogP contribution is 2.39. The molecule has 0 bridgehead atoms. The Kier molecular flexibility index (Phi) is 1.86. The highest BCUT2D eigenvalue weighted by Gasteiger charge is 2.47. The van der Waals surface area contributed by atoms with E-state index in [1.807, 2.05) is 0 Å². The van der Waals surface area contributed by atoms with Crippen LogP contribution in [0.25, 0.3) is 0 Å². The van der Waals surface area contributed by atoms with Gasteiger partial charge in [0.25, 0.3) is 0 Å². The number of aliphatic hydroxyl groups excluding tert-OH is 1. The number of hydrogen-bond acceptors (Lipinski definition) is 2. The lowest BCUT2D eigenvalue weighted by molar-refractivity contribution is 0.0818. The minimum Gasteiger partial charge on any atom is -0.385 e. The predicted molar refractivity (Wildman–Crippen MR) is 45.7 cm³/mol. The number of ether oxygens (including phenoxy) is 1. The maximum Gasteiger partial charge on any atom is 0.129 e. The lowest BCUT2D eigenvalue weighted by Gasteiger charge is -2.15. The van der Waals surface area contributed by atoms with Crippen LogP contribution in [0.2, 0.25) is 0 Å². The summed E-state index contributed by atoms with van der Waals surface area (Å²) in [5.41, 5.74) is -0.273. The average Bonchev–Trinajstić information content (AvgIpc) is 2.85. The third-order valence-electron chi connectivity index (χ3n) is 2.38. The third kappa shape index (κ3) is 1.45. The zero-order valence-corrected chi connectivity index (χ0v) is 7.33. The highest BCUT2D eigenvalue weighted by molar-refractivity contribution is 5.23. The van der Waals surface area contributed by atoms with Crippen molar-refractivity contribution < 1.29 is 14.2 Å². The van der Waals surface area contributed by atoms with Crippen LogP contribution in [0.15, 0.2) is 24.3 Å². The Morgan fingerprint density at radius 1 is 1.54 bits per heavy atom. The van der Waals surface area contributed by atoms with Crippen molar-refractivity contribution in [3.05, 3.63) is 35.6 Å². The van der Waals surface area contributed by atoms with E-state index in [9.17, 15) is 9.50 Å². The van der Waals surface area contributed by atoms with Gasteiger partial charge in [0.15, 0.2) is 0 Å². The SMILES string of the molecule is CC1(C(O)c2ccccc2F)CO1. The van der Waals surface area contributed by atoms with E-state index in [0.29, 0.717) is 12.2 Å². The van der Waals surface area contributed by atoms with Crippen LogP contribution in [0.1, 0.15) is 18.6 Å². The van der Waals surface area contributed by atoms with Crippen molar-refractivity contribution in [3.63, 3.8) is 0 Å². The summed E-state index contributed by atoms with van der Waals surface area (Å²) in [6, 6.07) is 6.21. The maximum atomic E-state index is 13.2. The fourth-order valence-corrected chi connectivity index (χ4v) is 1.30. The monoisotopic (exact) mass is 182 g/mol. The molecule has 1 aromatic rings. The Labute approximate surface area is 76.0 Å². The Bertz CT molecular complexity index is 320. The molecule has 0 aliphatic carbocycles. The quantitative estimate of drug-likeness (QED) is 0.705. The fraction of sp³-hybridized carbons (Fsp3) is 0.400. The van der Waals surface area contributed by atoms with Gasteiger partial charge in [-0.25, -0.2) is 4.39 Å². The molecule has 2 atom stereocenters. The van der Waals surface area contributed by atoms with E-state index < -0.39 is 11.7 Å². The number of hydrogen-bond donors (Lipinski definition) is 1. The van der Waals surface area contributed by atoms with Gasteiger partial charge < -0.3 is 9.84 Å². The molecule has 1 heterocycles. The van der Waals surface area contributed by atoms with Crippen molar-refractivity contribution in [3.8, 4) is 0 Å². The first-order valence-corrected chi connectivity index (χ1v) is 4.20. The molecule has 2 nitrogen and oxygen atoms in total. The van der Waals surface area contributed by atoms with Crippen LogP contribution >= 0.6 is 0 Å². The van der Waals surface area contributed by atoms with Crippen LogP contribution in [0.5, 0.6) is 0 Å². The molecule has 0 aromatic heterocycles. The minimum atomic E-state index is -0.867. The molecule has 1 N–H and O–H groups in total. The highest BCUT2D eigenvalue weighted by atomic mass is 19.1. The number of aliphatic hydroxyl groups is 1. The summed E-state index contributed by atoms with van der Waals surface area (Å²) in [5.74, 6) is -0.383. The molecule has 2 unspecified atom stereocenters. The van der Waals surface area contributed by atoms with Crippen molar-refractivity contribution in [2.75, 3.05) is 6.61 Å². The molecule has 1 aliphatic rings. The predicted octanol–water partition coefficient (Wildman–Crippen LogP) is 1.65. The molecule has 1 aromatic carbocycles. The van der Waals surface area contributed by atoms with Crippen LogP contribution < -0.4 is 0 Å². The van der Waals surface area contributed by atoms with Gasteiger partial charge in [-0.05, 0) is 13.0 Å². The Morgan fingerprint density at radius 3 is 2.69 bits per heavy atom. The zero-order valence-electron chi connectivity index (χ0n) is 7.33. The molecule has 2 rings (SSSR count). The van der Waals surface area contributed by atoms with Gasteiger partial charge in [0.2, 0.25) is 0 Å². The summed E-state index contributed by atoms with van der Waals surface area (Å²) in [6.07, 6.45) is -0.867. The van der Waals surface area contributed by atoms with E-state index in [2.05, 4.69) is 0 Å². The second-order valence-electron chi connectivity index (χ2n) is 3.53. The molecule has 1 saturated heterocycles. The van der Waals surface area contributed by atoms with Crippen molar-refractivity contribution in [1.82, 2.24) is 0 Å². The van der Waals surface area contributed by atoms with Gasteiger partial charge in [-0.3, -0.25) is 0 Å². The van der Waals surface area contributed by atoms with E-state index in [4.69, 9.17) is 4.74 Å². The first kappa shape index (κ1) is 8.66. The largest absolute Gasteiger partial charge is 0.385 e. The summed E-state index contributed by atoms with van der Waals surface area (Å²) in [7, 11) is 0. The maximum absolute atomic E-state index is 13.2. The topological polar surface area (TPSA) is 32.8 Å². The first-order chi connectivity index (χ1) is 6.13. The zero-order chi connectivity index (χ0) is 9.47. The van der Waals surface area contributed by atoms with Crippen molar-refractivity contribution >= 4 is 0 Å². The molecular formula is C10H11FO2. The smallest absolute Gasteiger partial charge is 0.129 e. The van der Waals surface area contributed by atoms with E-state index in [-0.39, 0.29) is 5.82 Å². The normalized spacial score (nSPS) is 28.5. The Balaban J connectivity index is 2.30. The molecule has 1 fully saturated rings. The summed E-state index contributed by atoms with van der Waals surface area (Å²) >= 11 is 0. The lowest BCUT2D eigenvalue weighted by atomic mass is 9.98. The van der Waals surface area contributed by atoms with Crippen LogP contribution in [-0.4, -0.2) is 17.3 Å². The van der Waals surface area contributed by atoms with Gasteiger partial charge >= 0.3 is 0 Å². The van der Waals surface area contributed by atoms with Crippen LogP contribution in [0.4, 0.5) is 4.39 Å². The van der Waals surface area contributed by atoms with Crippen molar-refractivity contribution in [2.24, 2.45) is 0 Å². The molecular weight excluding hydrogens is 171 g/mol. The van der Waals surface area contributed by atoms with Crippen molar-refractivity contribution in [1.29, 1.82) is 0 Å². The number of rotatable bonds is 2. The van der Waals surface area contributed by atoms with E-state index in [1.54, 1.807) is 25.1 Å². The molecule has 70 valence electrons. The van der Waals surface area contributed by atoms with Crippen LogP contribution in [0.3, 0.4) is 0 Å². The van der Waals surface area contributed by atoms with Gasteiger partial charge in [0, 0.05) is 5.56 Å². The second kappa shape index (κ2) is 2.79. The standard InChI is InChI=1S/C10H11FO2/c1-10(6-13-10)9(12)7-4-2-3-5-8(7)11/h2-5,9,12H,6H2,1H3. The number of benzene rings is 1. The van der Waals surface area contributed by atoms with Gasteiger partial charge in [-0.1, -0.05) is 18.2 Å². The average molecular weight is 182 g/mol. The first-order valence-electron chi connectivity index (χ1n) is 4.20. The van der Waals surface area contributed by atoms with Crippen molar-refractivity contribution in [2.45, 2.75) is 18.6 Å². The molecule has 0 radical (unpaired) electrons. The fourth-order valence-electron chi connectivity index (χ4n) is 1.30. The summed E-state index contributed by atoms with van der Waals surface area (Å²) < 4.78 is 18.2. The van der Waals surface area contributed by atoms with Gasteiger partial charge in [-0.2, -0.15) is 0 Å². The Hall–Kier alpha value is -0.930. The minimum absolute atomic E-state index is 0.308.